The Morgan fingerprint density at radius 1 is 1.33 bits per heavy atom. The van der Waals surface area contributed by atoms with Gasteiger partial charge in [0.2, 0.25) is 5.91 Å². The van der Waals surface area contributed by atoms with Crippen LogP contribution in [0.2, 0.25) is 0 Å². The molecule has 1 aliphatic rings. The minimum absolute atomic E-state index is 0.215. The van der Waals surface area contributed by atoms with E-state index in [0.717, 1.165) is 25.9 Å². The first-order chi connectivity index (χ1) is 7.04. The molecule has 2 nitrogen and oxygen atoms in total. The maximum Gasteiger partial charge on any atom is 0.225 e. The van der Waals surface area contributed by atoms with Crippen molar-refractivity contribution < 1.29 is 4.79 Å². The standard InChI is InChI=1S/C13H25NO/c1-5-6-12(4)13(15)14-8-10(2)7-11(3)9-14/h10-12H,5-9H2,1-4H3. The number of hydrogen-bond acceptors (Lipinski definition) is 1. The first-order valence-electron chi connectivity index (χ1n) is 6.33. The zero-order chi connectivity index (χ0) is 11.4. The van der Waals surface area contributed by atoms with Crippen LogP contribution in [-0.2, 0) is 4.79 Å². The van der Waals surface area contributed by atoms with Gasteiger partial charge < -0.3 is 4.90 Å². The summed E-state index contributed by atoms with van der Waals surface area (Å²) in [7, 11) is 0. The summed E-state index contributed by atoms with van der Waals surface area (Å²) in [6, 6.07) is 0. The lowest BCUT2D eigenvalue weighted by molar-refractivity contribution is -0.137. The van der Waals surface area contributed by atoms with E-state index in [9.17, 15) is 4.79 Å². The van der Waals surface area contributed by atoms with Crippen LogP contribution in [0.1, 0.15) is 47.0 Å². The second-order valence-corrected chi connectivity index (χ2v) is 5.38. The molecule has 1 aliphatic heterocycles. The molecular weight excluding hydrogens is 186 g/mol. The summed E-state index contributed by atoms with van der Waals surface area (Å²) >= 11 is 0. The van der Waals surface area contributed by atoms with E-state index >= 15 is 0 Å². The number of carbonyl (C=O) groups is 1. The molecule has 88 valence electrons. The molecule has 0 aromatic rings. The third kappa shape index (κ3) is 3.51. The molecule has 0 bridgehead atoms. The summed E-state index contributed by atoms with van der Waals surface area (Å²) < 4.78 is 0. The third-order valence-electron chi connectivity index (χ3n) is 3.32. The van der Waals surface area contributed by atoms with E-state index in [4.69, 9.17) is 0 Å². The summed E-state index contributed by atoms with van der Waals surface area (Å²) in [6.07, 6.45) is 3.40. The molecule has 0 saturated carbocycles. The van der Waals surface area contributed by atoms with Crippen LogP contribution in [0, 0.1) is 17.8 Å². The van der Waals surface area contributed by atoms with Gasteiger partial charge in [-0.1, -0.05) is 34.1 Å². The van der Waals surface area contributed by atoms with Gasteiger partial charge in [-0.15, -0.1) is 0 Å². The highest BCUT2D eigenvalue weighted by Gasteiger charge is 2.27. The smallest absolute Gasteiger partial charge is 0.225 e. The summed E-state index contributed by atoms with van der Waals surface area (Å²) in [5, 5.41) is 0. The third-order valence-corrected chi connectivity index (χ3v) is 3.32. The predicted octanol–water partition coefficient (Wildman–Crippen LogP) is 2.93. The number of hydrogen-bond donors (Lipinski definition) is 0. The minimum atomic E-state index is 0.215. The fraction of sp³-hybridized carbons (Fsp3) is 0.923. The normalized spacial score (nSPS) is 28.9. The number of likely N-dealkylation sites (tertiary alicyclic amines) is 1. The Bertz CT molecular complexity index is 205. The average molecular weight is 211 g/mol. The second kappa shape index (κ2) is 5.53. The van der Waals surface area contributed by atoms with Gasteiger partial charge in [-0.05, 0) is 24.7 Å². The Kier molecular flexibility index (Phi) is 4.62. The fourth-order valence-electron chi connectivity index (χ4n) is 2.71. The van der Waals surface area contributed by atoms with E-state index in [-0.39, 0.29) is 5.92 Å². The number of nitrogens with zero attached hydrogens (tertiary/aromatic N) is 1. The van der Waals surface area contributed by atoms with Crippen LogP contribution in [0.3, 0.4) is 0 Å². The van der Waals surface area contributed by atoms with Crippen molar-refractivity contribution in [2.45, 2.75) is 47.0 Å². The van der Waals surface area contributed by atoms with Crippen LogP contribution in [0.25, 0.3) is 0 Å². The van der Waals surface area contributed by atoms with Crippen molar-refractivity contribution in [3.63, 3.8) is 0 Å². The summed E-state index contributed by atoms with van der Waals surface area (Å²) in [4.78, 5) is 14.2. The number of carbonyl (C=O) groups excluding carboxylic acids is 1. The Balaban J connectivity index is 2.51. The van der Waals surface area contributed by atoms with Crippen LogP contribution in [0.15, 0.2) is 0 Å². The summed E-state index contributed by atoms with van der Waals surface area (Å²) in [5.74, 6) is 1.93. The van der Waals surface area contributed by atoms with E-state index in [1.54, 1.807) is 0 Å². The molecule has 1 saturated heterocycles. The van der Waals surface area contributed by atoms with Crippen LogP contribution in [0.5, 0.6) is 0 Å². The van der Waals surface area contributed by atoms with Gasteiger partial charge in [-0.3, -0.25) is 4.79 Å². The lowest BCUT2D eigenvalue weighted by Gasteiger charge is -2.36. The van der Waals surface area contributed by atoms with E-state index in [2.05, 4.69) is 32.6 Å². The van der Waals surface area contributed by atoms with Gasteiger partial charge in [-0.25, -0.2) is 0 Å². The maximum atomic E-state index is 12.1. The zero-order valence-electron chi connectivity index (χ0n) is 10.6. The fourth-order valence-corrected chi connectivity index (χ4v) is 2.71. The Morgan fingerprint density at radius 2 is 1.87 bits per heavy atom. The minimum Gasteiger partial charge on any atom is -0.342 e. The molecule has 2 heteroatoms. The lowest BCUT2D eigenvalue weighted by atomic mass is 9.90. The first-order valence-corrected chi connectivity index (χ1v) is 6.33. The van der Waals surface area contributed by atoms with E-state index in [0.29, 0.717) is 17.7 Å². The zero-order valence-corrected chi connectivity index (χ0v) is 10.6. The van der Waals surface area contributed by atoms with E-state index in [1.807, 2.05) is 0 Å². The van der Waals surface area contributed by atoms with Crippen LogP contribution < -0.4 is 0 Å². The molecule has 1 rings (SSSR count). The highest BCUT2D eigenvalue weighted by molar-refractivity contribution is 5.78. The highest BCUT2D eigenvalue weighted by atomic mass is 16.2. The van der Waals surface area contributed by atoms with Gasteiger partial charge in [0.1, 0.15) is 0 Å². The molecule has 0 spiro atoms. The molecule has 0 N–H and O–H groups in total. The molecule has 3 atom stereocenters. The van der Waals surface area contributed by atoms with Crippen LogP contribution >= 0.6 is 0 Å². The summed E-state index contributed by atoms with van der Waals surface area (Å²) in [5.41, 5.74) is 0. The van der Waals surface area contributed by atoms with Crippen molar-refractivity contribution >= 4 is 5.91 Å². The van der Waals surface area contributed by atoms with Gasteiger partial charge in [0, 0.05) is 19.0 Å². The van der Waals surface area contributed by atoms with Crippen LogP contribution in [0.4, 0.5) is 0 Å². The van der Waals surface area contributed by atoms with Crippen molar-refractivity contribution in [3.05, 3.63) is 0 Å². The lowest BCUT2D eigenvalue weighted by Crippen LogP contribution is -2.44. The van der Waals surface area contributed by atoms with Crippen molar-refractivity contribution in [2.24, 2.45) is 17.8 Å². The van der Waals surface area contributed by atoms with Crippen molar-refractivity contribution in [1.82, 2.24) is 4.90 Å². The SMILES string of the molecule is CCCC(C)C(=O)N1CC(C)CC(C)C1. The van der Waals surface area contributed by atoms with Gasteiger partial charge in [-0.2, -0.15) is 0 Å². The van der Waals surface area contributed by atoms with Gasteiger partial charge in [0.25, 0.3) is 0 Å². The topological polar surface area (TPSA) is 20.3 Å². The van der Waals surface area contributed by atoms with Gasteiger partial charge in [0.05, 0.1) is 0 Å². The van der Waals surface area contributed by atoms with Crippen molar-refractivity contribution in [1.29, 1.82) is 0 Å². The Morgan fingerprint density at radius 3 is 2.33 bits per heavy atom. The van der Waals surface area contributed by atoms with Gasteiger partial charge >= 0.3 is 0 Å². The second-order valence-electron chi connectivity index (χ2n) is 5.38. The molecule has 1 amide bonds. The Hall–Kier alpha value is -0.530. The molecule has 0 aliphatic carbocycles. The molecule has 1 heterocycles. The van der Waals surface area contributed by atoms with Gasteiger partial charge in [0.15, 0.2) is 0 Å². The molecule has 15 heavy (non-hydrogen) atoms. The molecule has 3 unspecified atom stereocenters. The predicted molar refractivity (Wildman–Crippen MR) is 63.6 cm³/mol. The maximum absolute atomic E-state index is 12.1. The number of amides is 1. The van der Waals surface area contributed by atoms with Crippen molar-refractivity contribution in [2.75, 3.05) is 13.1 Å². The average Bonchev–Trinajstić information content (AvgIpc) is 2.15. The van der Waals surface area contributed by atoms with E-state index < -0.39 is 0 Å². The largest absolute Gasteiger partial charge is 0.342 e. The number of rotatable bonds is 3. The monoisotopic (exact) mass is 211 g/mol. The highest BCUT2D eigenvalue weighted by Crippen LogP contribution is 2.23. The molecule has 0 aromatic heterocycles. The quantitative estimate of drug-likeness (QED) is 0.703. The molecule has 0 aromatic carbocycles. The van der Waals surface area contributed by atoms with Crippen molar-refractivity contribution in [3.8, 4) is 0 Å². The van der Waals surface area contributed by atoms with E-state index in [1.165, 1.54) is 6.42 Å². The number of piperidine rings is 1. The molecule has 0 radical (unpaired) electrons. The summed E-state index contributed by atoms with van der Waals surface area (Å²) in [6.45, 7) is 10.6. The first kappa shape index (κ1) is 12.5. The molecule has 1 fully saturated rings. The van der Waals surface area contributed by atoms with Crippen LogP contribution in [-0.4, -0.2) is 23.9 Å². The Labute approximate surface area is 94.0 Å². The molecular formula is C13H25NO.